The highest BCUT2D eigenvalue weighted by atomic mass is 19.1. The third-order valence-electron chi connectivity index (χ3n) is 4.75. The fourth-order valence-electron chi connectivity index (χ4n) is 3.23. The highest BCUT2D eigenvalue weighted by molar-refractivity contribution is 5.55. The molecule has 1 fully saturated rings. The van der Waals surface area contributed by atoms with Gasteiger partial charge in [-0.25, -0.2) is 4.39 Å². The fraction of sp³-hybridized carbons (Fsp3) is 0.556. The van der Waals surface area contributed by atoms with Crippen molar-refractivity contribution in [3.63, 3.8) is 0 Å². The van der Waals surface area contributed by atoms with E-state index in [4.69, 9.17) is 4.52 Å². The van der Waals surface area contributed by atoms with E-state index in [-0.39, 0.29) is 11.9 Å². The van der Waals surface area contributed by atoms with Crippen LogP contribution >= 0.6 is 0 Å². The summed E-state index contributed by atoms with van der Waals surface area (Å²) in [6.07, 6.45) is 0. The second-order valence-electron chi connectivity index (χ2n) is 6.46. The van der Waals surface area contributed by atoms with Crippen LogP contribution in [0.5, 0.6) is 0 Å². The van der Waals surface area contributed by atoms with Crippen LogP contribution < -0.4 is 10.2 Å². The summed E-state index contributed by atoms with van der Waals surface area (Å²) in [5.74, 6) is 0.943. The Kier molecular flexibility index (Phi) is 5.65. The van der Waals surface area contributed by atoms with Crippen molar-refractivity contribution < 1.29 is 8.91 Å². The van der Waals surface area contributed by atoms with E-state index in [2.05, 4.69) is 32.2 Å². The molecule has 0 saturated carbocycles. The zero-order valence-electron chi connectivity index (χ0n) is 15.1. The lowest BCUT2D eigenvalue weighted by atomic mass is 10.0. The summed E-state index contributed by atoms with van der Waals surface area (Å²) < 4.78 is 18.9. The van der Waals surface area contributed by atoms with E-state index >= 15 is 0 Å². The monoisotopic (exact) mass is 347 g/mol. The minimum atomic E-state index is -0.213. The molecule has 3 rings (SSSR count). The first-order valence-electron chi connectivity index (χ1n) is 8.86. The van der Waals surface area contributed by atoms with Gasteiger partial charge in [-0.1, -0.05) is 12.1 Å². The van der Waals surface area contributed by atoms with E-state index in [0.29, 0.717) is 18.3 Å². The zero-order chi connectivity index (χ0) is 17.8. The lowest BCUT2D eigenvalue weighted by molar-refractivity contribution is 0.271. The molecule has 1 aliphatic heterocycles. The summed E-state index contributed by atoms with van der Waals surface area (Å²) in [4.78, 5) is 8.97. The van der Waals surface area contributed by atoms with Crippen LogP contribution in [0.2, 0.25) is 0 Å². The Morgan fingerprint density at radius 2 is 2.04 bits per heavy atom. The van der Waals surface area contributed by atoms with Gasteiger partial charge < -0.3 is 19.6 Å². The Morgan fingerprint density at radius 3 is 2.68 bits per heavy atom. The second kappa shape index (κ2) is 7.93. The van der Waals surface area contributed by atoms with E-state index in [0.717, 1.165) is 44.0 Å². The van der Waals surface area contributed by atoms with Crippen LogP contribution in [0.25, 0.3) is 0 Å². The Hall–Kier alpha value is -1.99. The number of anilines is 1. The van der Waals surface area contributed by atoms with E-state index in [1.54, 1.807) is 19.1 Å². The first-order valence-corrected chi connectivity index (χ1v) is 8.86. The minimum Gasteiger partial charge on any atom is -0.369 e. The van der Waals surface area contributed by atoms with Crippen LogP contribution in [0.15, 0.2) is 22.7 Å². The summed E-state index contributed by atoms with van der Waals surface area (Å²) in [7, 11) is 0. The number of rotatable bonds is 6. The van der Waals surface area contributed by atoms with Crippen LogP contribution in [0.1, 0.15) is 37.2 Å². The molecular weight excluding hydrogens is 321 g/mol. The molecule has 0 amide bonds. The molecule has 25 heavy (non-hydrogen) atoms. The molecule has 0 spiro atoms. The number of piperazine rings is 1. The Morgan fingerprint density at radius 1 is 1.28 bits per heavy atom. The van der Waals surface area contributed by atoms with Gasteiger partial charge in [0.25, 0.3) is 0 Å². The van der Waals surface area contributed by atoms with Gasteiger partial charge in [0, 0.05) is 44.8 Å². The van der Waals surface area contributed by atoms with Crippen LogP contribution in [-0.4, -0.2) is 47.8 Å². The number of hydrogen-bond acceptors (Lipinski definition) is 6. The van der Waals surface area contributed by atoms with E-state index in [1.165, 1.54) is 0 Å². The SMILES string of the molecule is CCN1CCN(c2ccc(F)cc2C(C)NCc2noc(C)n2)CC1. The van der Waals surface area contributed by atoms with Crippen molar-refractivity contribution in [2.24, 2.45) is 0 Å². The van der Waals surface area contributed by atoms with Crippen molar-refractivity contribution in [2.75, 3.05) is 37.6 Å². The quantitative estimate of drug-likeness (QED) is 0.866. The summed E-state index contributed by atoms with van der Waals surface area (Å²) in [5.41, 5.74) is 2.06. The van der Waals surface area contributed by atoms with Crippen molar-refractivity contribution in [3.05, 3.63) is 41.3 Å². The van der Waals surface area contributed by atoms with Crippen molar-refractivity contribution in [1.82, 2.24) is 20.4 Å². The minimum absolute atomic E-state index is 0.0197. The summed E-state index contributed by atoms with van der Waals surface area (Å²) in [6.45, 7) is 11.5. The van der Waals surface area contributed by atoms with Gasteiger partial charge in [-0.2, -0.15) is 4.98 Å². The number of hydrogen-bond donors (Lipinski definition) is 1. The second-order valence-corrected chi connectivity index (χ2v) is 6.46. The van der Waals surface area contributed by atoms with E-state index in [9.17, 15) is 4.39 Å². The van der Waals surface area contributed by atoms with Crippen LogP contribution in [0, 0.1) is 12.7 Å². The molecule has 0 radical (unpaired) electrons. The molecule has 1 aromatic heterocycles. The number of nitrogens with zero attached hydrogens (tertiary/aromatic N) is 4. The lowest BCUT2D eigenvalue weighted by Crippen LogP contribution is -2.46. The molecule has 2 aromatic rings. The van der Waals surface area contributed by atoms with Crippen molar-refractivity contribution >= 4 is 5.69 Å². The maximum atomic E-state index is 13.9. The molecular formula is C18H26FN5O. The van der Waals surface area contributed by atoms with Gasteiger partial charge in [-0.05, 0) is 37.2 Å². The molecule has 6 nitrogen and oxygen atoms in total. The predicted octanol–water partition coefficient (Wildman–Crippen LogP) is 2.51. The molecule has 1 unspecified atom stereocenters. The van der Waals surface area contributed by atoms with Crippen molar-refractivity contribution in [3.8, 4) is 0 Å². The maximum Gasteiger partial charge on any atom is 0.223 e. The van der Waals surface area contributed by atoms with Gasteiger partial charge in [0.1, 0.15) is 5.82 Å². The third kappa shape index (κ3) is 4.35. The first-order chi connectivity index (χ1) is 12.1. The summed E-state index contributed by atoms with van der Waals surface area (Å²) in [5, 5.41) is 7.26. The number of nitrogens with one attached hydrogen (secondary N) is 1. The van der Waals surface area contributed by atoms with Crippen LogP contribution in [-0.2, 0) is 6.54 Å². The van der Waals surface area contributed by atoms with Gasteiger partial charge in [0.05, 0.1) is 6.54 Å². The average Bonchev–Trinajstić information content (AvgIpc) is 3.05. The molecule has 136 valence electrons. The molecule has 1 atom stereocenters. The smallest absolute Gasteiger partial charge is 0.223 e. The number of likely N-dealkylation sites (N-methyl/N-ethyl adjacent to an activating group) is 1. The van der Waals surface area contributed by atoms with Crippen molar-refractivity contribution in [1.29, 1.82) is 0 Å². The molecule has 0 aliphatic carbocycles. The third-order valence-corrected chi connectivity index (χ3v) is 4.75. The number of benzene rings is 1. The van der Waals surface area contributed by atoms with Gasteiger partial charge in [-0.3, -0.25) is 0 Å². The van der Waals surface area contributed by atoms with Crippen LogP contribution in [0.3, 0.4) is 0 Å². The zero-order valence-corrected chi connectivity index (χ0v) is 15.1. The topological polar surface area (TPSA) is 57.4 Å². The van der Waals surface area contributed by atoms with Crippen molar-refractivity contribution in [2.45, 2.75) is 33.4 Å². The molecule has 0 bridgehead atoms. The average molecular weight is 347 g/mol. The Balaban J connectivity index is 1.72. The Labute approximate surface area is 148 Å². The largest absolute Gasteiger partial charge is 0.369 e. The standard InChI is InChI=1S/C18H26FN5O/c1-4-23-7-9-24(10-8-23)17-6-5-15(19)11-16(17)13(2)20-12-18-21-14(3)25-22-18/h5-6,11,13,20H,4,7-10,12H2,1-3H3. The van der Waals surface area contributed by atoms with E-state index in [1.807, 2.05) is 13.0 Å². The Bertz CT molecular complexity index is 697. The highest BCUT2D eigenvalue weighted by Gasteiger charge is 2.21. The molecule has 1 saturated heterocycles. The predicted molar refractivity (Wildman–Crippen MR) is 95.0 cm³/mol. The molecule has 7 heteroatoms. The highest BCUT2D eigenvalue weighted by Crippen LogP contribution is 2.28. The maximum absolute atomic E-state index is 13.9. The normalized spacial score (nSPS) is 17.0. The molecule has 1 aliphatic rings. The lowest BCUT2D eigenvalue weighted by Gasteiger charge is -2.37. The summed E-state index contributed by atoms with van der Waals surface area (Å²) >= 11 is 0. The van der Waals surface area contributed by atoms with Crippen LogP contribution in [0.4, 0.5) is 10.1 Å². The fourth-order valence-corrected chi connectivity index (χ4v) is 3.23. The van der Waals surface area contributed by atoms with Gasteiger partial charge in [0.15, 0.2) is 5.82 Å². The molecule has 1 aromatic carbocycles. The number of aryl methyl sites for hydroxylation is 1. The van der Waals surface area contributed by atoms with Gasteiger partial charge >= 0.3 is 0 Å². The van der Waals surface area contributed by atoms with E-state index < -0.39 is 0 Å². The number of aromatic nitrogens is 2. The van der Waals surface area contributed by atoms with Gasteiger partial charge in [-0.15, -0.1) is 0 Å². The van der Waals surface area contributed by atoms with Gasteiger partial charge in [0.2, 0.25) is 5.89 Å². The first kappa shape index (κ1) is 17.8. The molecule has 2 heterocycles. The number of halogens is 1. The summed E-state index contributed by atoms with van der Waals surface area (Å²) in [6, 6.07) is 5.04. The molecule has 1 N–H and O–H groups in total.